The van der Waals surface area contributed by atoms with E-state index in [4.69, 9.17) is 25.8 Å². The minimum atomic E-state index is -0.154. The molecule has 5 heteroatoms. The van der Waals surface area contributed by atoms with Crippen LogP contribution in [0.25, 0.3) is 0 Å². The van der Waals surface area contributed by atoms with Crippen LogP contribution >= 0.6 is 11.6 Å². The van der Waals surface area contributed by atoms with Gasteiger partial charge >= 0.3 is 0 Å². The largest absolute Gasteiger partial charge is 0.493 e. The lowest BCUT2D eigenvalue weighted by molar-refractivity contribution is -0.133. The summed E-state index contributed by atoms with van der Waals surface area (Å²) >= 11 is 6.09. The Balaban J connectivity index is 1.62. The minimum Gasteiger partial charge on any atom is -0.493 e. The molecule has 24 heavy (non-hydrogen) atoms. The van der Waals surface area contributed by atoms with Gasteiger partial charge in [-0.05, 0) is 31.4 Å². The lowest BCUT2D eigenvalue weighted by Gasteiger charge is -2.37. The van der Waals surface area contributed by atoms with Crippen molar-refractivity contribution in [3.8, 4) is 5.75 Å². The Bertz CT molecular complexity index is 613. The van der Waals surface area contributed by atoms with Gasteiger partial charge < -0.3 is 14.2 Å². The van der Waals surface area contributed by atoms with E-state index in [0.717, 1.165) is 38.7 Å². The third-order valence-electron chi connectivity index (χ3n) is 4.58. The molecular weight excluding hydrogens is 328 g/mol. The van der Waals surface area contributed by atoms with E-state index in [2.05, 4.69) is 6.92 Å². The van der Waals surface area contributed by atoms with E-state index in [1.54, 1.807) is 12.1 Å². The van der Waals surface area contributed by atoms with Crippen LogP contribution in [-0.2, 0) is 14.3 Å². The van der Waals surface area contributed by atoms with E-state index >= 15 is 0 Å². The lowest BCUT2D eigenvalue weighted by atomic mass is 9.80. The molecule has 4 nitrogen and oxygen atoms in total. The number of para-hydroxylation sites is 1. The second-order valence-corrected chi connectivity index (χ2v) is 6.73. The zero-order valence-corrected chi connectivity index (χ0v) is 14.6. The molecule has 1 heterocycles. The molecule has 1 saturated carbocycles. The highest BCUT2D eigenvalue weighted by molar-refractivity contribution is 6.32. The van der Waals surface area contributed by atoms with Crippen molar-refractivity contribution in [1.82, 2.24) is 0 Å². The summed E-state index contributed by atoms with van der Waals surface area (Å²) in [4.78, 5) is 12.7. The van der Waals surface area contributed by atoms with Gasteiger partial charge in [0.2, 0.25) is 11.5 Å². The third-order valence-corrected chi connectivity index (χ3v) is 4.89. The van der Waals surface area contributed by atoms with Gasteiger partial charge in [-0.1, -0.05) is 37.1 Å². The molecule has 2 aliphatic rings. The van der Waals surface area contributed by atoms with Gasteiger partial charge in [0, 0.05) is 13.0 Å². The summed E-state index contributed by atoms with van der Waals surface area (Å²) in [5.41, 5.74) is 0. The van der Waals surface area contributed by atoms with E-state index < -0.39 is 0 Å². The predicted molar refractivity (Wildman–Crippen MR) is 92.0 cm³/mol. The Morgan fingerprint density at radius 2 is 2.12 bits per heavy atom. The maximum atomic E-state index is 12.7. The van der Waals surface area contributed by atoms with Gasteiger partial charge in [-0.25, -0.2) is 0 Å². The first-order valence-electron chi connectivity index (χ1n) is 8.63. The Morgan fingerprint density at radius 3 is 2.92 bits per heavy atom. The smallest absolute Gasteiger partial charge is 0.208 e. The fourth-order valence-electron chi connectivity index (χ4n) is 3.20. The van der Waals surface area contributed by atoms with Crippen molar-refractivity contribution < 1.29 is 19.0 Å². The molecule has 1 aliphatic carbocycles. The van der Waals surface area contributed by atoms with Crippen molar-refractivity contribution in [3.05, 3.63) is 41.3 Å². The fraction of sp³-hybridized carbons (Fsp3) is 0.526. The van der Waals surface area contributed by atoms with Crippen LogP contribution in [0.15, 0.2) is 36.3 Å². The summed E-state index contributed by atoms with van der Waals surface area (Å²) in [6.07, 6.45) is 6.11. The van der Waals surface area contributed by atoms with Crippen LogP contribution < -0.4 is 4.74 Å². The topological polar surface area (TPSA) is 44.8 Å². The van der Waals surface area contributed by atoms with E-state index in [0.29, 0.717) is 10.8 Å². The number of carbonyl (C=O) groups excluding carboxylic acids is 1. The monoisotopic (exact) mass is 350 g/mol. The summed E-state index contributed by atoms with van der Waals surface area (Å²) < 4.78 is 17.3. The van der Waals surface area contributed by atoms with Gasteiger partial charge in [-0.15, -0.1) is 0 Å². The van der Waals surface area contributed by atoms with Gasteiger partial charge in [0.1, 0.15) is 18.1 Å². The molecule has 3 atom stereocenters. The predicted octanol–water partition coefficient (Wildman–Crippen LogP) is 4.51. The number of rotatable bonds is 6. The molecule has 0 bridgehead atoms. The molecule has 1 aromatic carbocycles. The number of hydrogen-bond acceptors (Lipinski definition) is 4. The van der Waals surface area contributed by atoms with Gasteiger partial charge in [-0.2, -0.15) is 0 Å². The van der Waals surface area contributed by atoms with E-state index in [-0.39, 0.29) is 29.7 Å². The zero-order valence-electron chi connectivity index (χ0n) is 13.9. The van der Waals surface area contributed by atoms with E-state index in [1.165, 1.54) is 6.26 Å². The van der Waals surface area contributed by atoms with Gasteiger partial charge in [-0.3, -0.25) is 4.79 Å². The summed E-state index contributed by atoms with van der Waals surface area (Å²) in [5, 5.41) is 0.473. The Hall–Kier alpha value is -1.52. The van der Waals surface area contributed by atoms with Crippen LogP contribution in [-0.4, -0.2) is 24.6 Å². The Labute approximate surface area is 147 Å². The minimum absolute atomic E-state index is 0.00169. The zero-order chi connectivity index (χ0) is 16.9. The first-order valence-corrected chi connectivity index (χ1v) is 9.00. The number of hydrogen-bond donors (Lipinski definition) is 0. The molecule has 1 fully saturated rings. The number of benzene rings is 1. The number of halogens is 1. The number of fused-ring (bicyclic) bond motifs is 1. The van der Waals surface area contributed by atoms with Crippen LogP contribution in [0, 0.1) is 5.92 Å². The summed E-state index contributed by atoms with van der Waals surface area (Å²) in [7, 11) is 0. The first kappa shape index (κ1) is 17.3. The van der Waals surface area contributed by atoms with Crippen LogP contribution in [0.4, 0.5) is 0 Å². The van der Waals surface area contributed by atoms with Crippen LogP contribution in [0.3, 0.4) is 0 Å². The van der Waals surface area contributed by atoms with Crippen LogP contribution in [0.5, 0.6) is 5.75 Å². The standard InChI is InChI=1S/C19H23ClO4/c1-2-3-10-22-13-8-9-14-17(11-13)23-12-18(19(14)21)24-16-7-5-4-6-15(16)20/h4-7,12-14,17H,2-3,8-11H2,1H3. The van der Waals surface area contributed by atoms with Gasteiger partial charge in [0.05, 0.1) is 17.0 Å². The number of ketones is 1. The maximum absolute atomic E-state index is 12.7. The van der Waals surface area contributed by atoms with Crippen molar-refractivity contribution in [2.75, 3.05) is 6.61 Å². The number of carbonyl (C=O) groups is 1. The molecular formula is C19H23ClO4. The molecule has 3 unspecified atom stereocenters. The van der Waals surface area contributed by atoms with Crippen LogP contribution in [0.1, 0.15) is 39.0 Å². The quantitative estimate of drug-likeness (QED) is 0.708. The lowest BCUT2D eigenvalue weighted by Crippen LogP contribution is -2.42. The SMILES string of the molecule is CCCCOC1CCC2C(=O)C(Oc3ccccc3Cl)=COC2C1. The molecule has 3 rings (SSSR count). The second kappa shape index (κ2) is 8.04. The second-order valence-electron chi connectivity index (χ2n) is 6.32. The number of ether oxygens (including phenoxy) is 3. The molecule has 0 saturated heterocycles. The molecule has 1 aliphatic heterocycles. The molecule has 0 spiro atoms. The normalized spacial score (nSPS) is 26.3. The molecule has 0 aromatic heterocycles. The maximum Gasteiger partial charge on any atom is 0.208 e. The summed E-state index contributed by atoms with van der Waals surface area (Å²) in [5.74, 6) is 0.545. The third kappa shape index (κ3) is 3.93. The van der Waals surface area contributed by atoms with Crippen molar-refractivity contribution in [1.29, 1.82) is 0 Å². The number of allylic oxidation sites excluding steroid dienone is 1. The highest BCUT2D eigenvalue weighted by Gasteiger charge is 2.41. The first-order chi connectivity index (χ1) is 11.7. The average Bonchev–Trinajstić information content (AvgIpc) is 2.59. The van der Waals surface area contributed by atoms with Crippen LogP contribution in [0.2, 0.25) is 5.02 Å². The molecule has 1 aromatic rings. The van der Waals surface area contributed by atoms with E-state index in [9.17, 15) is 4.79 Å². The van der Waals surface area contributed by atoms with Crippen molar-refractivity contribution in [2.45, 2.75) is 51.2 Å². The van der Waals surface area contributed by atoms with Gasteiger partial charge in [0.25, 0.3) is 0 Å². The van der Waals surface area contributed by atoms with Crippen molar-refractivity contribution >= 4 is 17.4 Å². The fourth-order valence-corrected chi connectivity index (χ4v) is 3.37. The highest BCUT2D eigenvalue weighted by Crippen LogP contribution is 2.36. The van der Waals surface area contributed by atoms with E-state index in [1.807, 2.05) is 12.1 Å². The molecule has 130 valence electrons. The molecule has 0 N–H and O–H groups in total. The average molecular weight is 351 g/mol. The molecule has 0 amide bonds. The Morgan fingerprint density at radius 1 is 1.29 bits per heavy atom. The number of Topliss-reactive ketones (excluding diaryl/α,β-unsaturated/α-hetero) is 1. The number of unbranched alkanes of at least 4 members (excludes halogenated alkanes) is 1. The Kier molecular flexibility index (Phi) is 5.80. The summed E-state index contributed by atoms with van der Waals surface area (Å²) in [6.45, 7) is 2.93. The van der Waals surface area contributed by atoms with Crippen molar-refractivity contribution in [2.24, 2.45) is 5.92 Å². The summed E-state index contributed by atoms with van der Waals surface area (Å²) in [6, 6.07) is 7.10. The van der Waals surface area contributed by atoms with Gasteiger partial charge in [0.15, 0.2) is 0 Å². The highest BCUT2D eigenvalue weighted by atomic mass is 35.5. The van der Waals surface area contributed by atoms with Crippen molar-refractivity contribution in [3.63, 3.8) is 0 Å². The molecule has 0 radical (unpaired) electrons.